The van der Waals surface area contributed by atoms with Gasteiger partial charge in [0.2, 0.25) is 5.95 Å². The van der Waals surface area contributed by atoms with Crippen molar-refractivity contribution in [2.45, 2.75) is 39.5 Å². The fourth-order valence-electron chi connectivity index (χ4n) is 3.30. The van der Waals surface area contributed by atoms with Crippen LogP contribution in [0.1, 0.15) is 55.7 Å². The number of hydrogen-bond donors (Lipinski definition) is 0. The largest absolute Gasteiger partial charge is 0.378 e. The molecule has 0 bridgehead atoms. The molecule has 0 aromatic carbocycles. The van der Waals surface area contributed by atoms with Crippen LogP contribution in [0.2, 0.25) is 0 Å². The van der Waals surface area contributed by atoms with Crippen molar-refractivity contribution in [3.05, 3.63) is 17.5 Å². The van der Waals surface area contributed by atoms with E-state index in [0.29, 0.717) is 30.8 Å². The molecule has 0 spiro atoms. The van der Waals surface area contributed by atoms with Crippen LogP contribution in [-0.4, -0.2) is 60.2 Å². The molecule has 3 rings (SSSR count). The first-order valence-corrected chi connectivity index (χ1v) is 9.05. The summed E-state index contributed by atoms with van der Waals surface area (Å²) >= 11 is 0. The molecule has 1 aromatic heterocycles. The predicted molar refractivity (Wildman–Crippen MR) is 93.5 cm³/mol. The number of amides is 1. The Bertz CT molecular complexity index is 584. The molecule has 1 aromatic rings. The predicted octanol–water partition coefficient (Wildman–Crippen LogP) is 2.31. The second kappa shape index (κ2) is 7.47. The van der Waals surface area contributed by atoms with E-state index in [-0.39, 0.29) is 11.8 Å². The van der Waals surface area contributed by atoms with Crippen LogP contribution >= 0.6 is 0 Å². The van der Waals surface area contributed by atoms with Gasteiger partial charge in [0.05, 0.1) is 13.2 Å². The van der Waals surface area contributed by atoms with Gasteiger partial charge in [0.25, 0.3) is 5.91 Å². The number of nitrogens with zero attached hydrogens (tertiary/aromatic N) is 4. The summed E-state index contributed by atoms with van der Waals surface area (Å²) in [6.07, 6.45) is 2.27. The van der Waals surface area contributed by atoms with Gasteiger partial charge in [-0.2, -0.15) is 0 Å². The zero-order valence-corrected chi connectivity index (χ0v) is 15.0. The van der Waals surface area contributed by atoms with Gasteiger partial charge in [-0.3, -0.25) is 4.79 Å². The van der Waals surface area contributed by atoms with E-state index in [1.807, 2.05) is 11.0 Å². The number of morpholine rings is 1. The van der Waals surface area contributed by atoms with E-state index in [9.17, 15) is 4.79 Å². The highest BCUT2D eigenvalue weighted by Crippen LogP contribution is 2.21. The minimum atomic E-state index is 0.0420. The van der Waals surface area contributed by atoms with Crippen molar-refractivity contribution < 1.29 is 9.53 Å². The number of carbonyl (C=O) groups is 1. The Morgan fingerprint density at radius 3 is 2.67 bits per heavy atom. The van der Waals surface area contributed by atoms with Gasteiger partial charge in [0.15, 0.2) is 0 Å². The molecule has 2 fully saturated rings. The quantitative estimate of drug-likeness (QED) is 0.850. The third kappa shape index (κ3) is 3.86. The van der Waals surface area contributed by atoms with Gasteiger partial charge in [-0.15, -0.1) is 0 Å². The Balaban J connectivity index is 1.88. The summed E-state index contributed by atoms with van der Waals surface area (Å²) in [5, 5.41) is 0. The van der Waals surface area contributed by atoms with Crippen molar-refractivity contribution in [1.82, 2.24) is 14.9 Å². The SMILES string of the molecule is CC1CCCN(C(=O)c2cc(C(C)C)nc(N3CCOCC3)n2)C1. The van der Waals surface area contributed by atoms with Gasteiger partial charge in [-0.25, -0.2) is 9.97 Å². The first-order chi connectivity index (χ1) is 11.5. The highest BCUT2D eigenvalue weighted by molar-refractivity contribution is 5.92. The van der Waals surface area contributed by atoms with Crippen LogP contribution in [0.5, 0.6) is 0 Å². The molecule has 0 aliphatic carbocycles. The van der Waals surface area contributed by atoms with Crippen LogP contribution in [0, 0.1) is 5.92 Å². The van der Waals surface area contributed by atoms with Gasteiger partial charge in [0.1, 0.15) is 5.69 Å². The second-order valence-corrected chi connectivity index (χ2v) is 7.23. The number of anilines is 1. The van der Waals surface area contributed by atoms with Crippen LogP contribution in [-0.2, 0) is 4.74 Å². The maximum Gasteiger partial charge on any atom is 0.272 e. The average Bonchev–Trinajstić information content (AvgIpc) is 2.61. The van der Waals surface area contributed by atoms with Crippen molar-refractivity contribution in [3.8, 4) is 0 Å². The molecular weight excluding hydrogens is 304 g/mol. The highest BCUT2D eigenvalue weighted by atomic mass is 16.5. The van der Waals surface area contributed by atoms with E-state index in [0.717, 1.165) is 38.3 Å². The van der Waals surface area contributed by atoms with Crippen LogP contribution < -0.4 is 4.90 Å². The Hall–Kier alpha value is -1.69. The number of rotatable bonds is 3. The summed E-state index contributed by atoms with van der Waals surface area (Å²) in [7, 11) is 0. The lowest BCUT2D eigenvalue weighted by Gasteiger charge is -2.31. The van der Waals surface area contributed by atoms with E-state index in [1.165, 1.54) is 6.42 Å². The van der Waals surface area contributed by atoms with Crippen molar-refractivity contribution >= 4 is 11.9 Å². The molecule has 2 aliphatic rings. The Kier molecular flexibility index (Phi) is 5.33. The molecule has 2 saturated heterocycles. The van der Waals surface area contributed by atoms with Crippen LogP contribution in [0.15, 0.2) is 6.07 Å². The fourth-order valence-corrected chi connectivity index (χ4v) is 3.30. The van der Waals surface area contributed by atoms with Gasteiger partial charge in [0, 0.05) is 31.9 Å². The fraction of sp³-hybridized carbons (Fsp3) is 0.722. The van der Waals surface area contributed by atoms with Crippen molar-refractivity contribution in [1.29, 1.82) is 0 Å². The standard InChI is InChI=1S/C18H28N4O2/c1-13(2)15-11-16(17(23)22-6-4-5-14(3)12-22)20-18(19-15)21-7-9-24-10-8-21/h11,13-14H,4-10,12H2,1-3H3. The Labute approximate surface area is 144 Å². The van der Waals surface area contributed by atoms with E-state index in [4.69, 9.17) is 4.74 Å². The Morgan fingerprint density at radius 1 is 1.25 bits per heavy atom. The molecule has 1 unspecified atom stereocenters. The molecule has 0 N–H and O–H groups in total. The molecular formula is C18H28N4O2. The number of carbonyl (C=O) groups excluding carboxylic acids is 1. The normalized spacial score (nSPS) is 22.1. The molecule has 3 heterocycles. The zero-order chi connectivity index (χ0) is 17.1. The lowest BCUT2D eigenvalue weighted by molar-refractivity contribution is 0.0676. The lowest BCUT2D eigenvalue weighted by atomic mass is 10.00. The third-order valence-electron chi connectivity index (χ3n) is 4.78. The molecule has 0 saturated carbocycles. The summed E-state index contributed by atoms with van der Waals surface area (Å²) < 4.78 is 5.41. The van der Waals surface area contributed by atoms with Crippen LogP contribution in [0.25, 0.3) is 0 Å². The molecule has 1 amide bonds. The monoisotopic (exact) mass is 332 g/mol. The van der Waals surface area contributed by atoms with Crippen LogP contribution in [0.4, 0.5) is 5.95 Å². The summed E-state index contributed by atoms with van der Waals surface area (Å²) in [6, 6.07) is 1.87. The number of ether oxygens (including phenoxy) is 1. The summed E-state index contributed by atoms with van der Waals surface area (Å²) in [5.74, 6) is 1.53. The van der Waals surface area contributed by atoms with E-state index < -0.39 is 0 Å². The maximum atomic E-state index is 12.9. The van der Waals surface area contributed by atoms with E-state index >= 15 is 0 Å². The molecule has 132 valence electrons. The van der Waals surface area contributed by atoms with Gasteiger partial charge >= 0.3 is 0 Å². The molecule has 6 heteroatoms. The first kappa shape index (κ1) is 17.1. The number of hydrogen-bond acceptors (Lipinski definition) is 5. The van der Waals surface area contributed by atoms with Gasteiger partial charge < -0.3 is 14.5 Å². The molecule has 1 atom stereocenters. The second-order valence-electron chi connectivity index (χ2n) is 7.23. The summed E-state index contributed by atoms with van der Waals surface area (Å²) in [4.78, 5) is 26.3. The summed E-state index contributed by atoms with van der Waals surface area (Å²) in [6.45, 7) is 11.0. The topological polar surface area (TPSA) is 58.6 Å². The van der Waals surface area contributed by atoms with Gasteiger partial charge in [-0.1, -0.05) is 20.8 Å². The van der Waals surface area contributed by atoms with Crippen molar-refractivity contribution in [2.24, 2.45) is 5.92 Å². The molecule has 6 nitrogen and oxygen atoms in total. The van der Waals surface area contributed by atoms with Crippen molar-refractivity contribution in [3.63, 3.8) is 0 Å². The molecule has 24 heavy (non-hydrogen) atoms. The van der Waals surface area contributed by atoms with Crippen molar-refractivity contribution in [2.75, 3.05) is 44.3 Å². The summed E-state index contributed by atoms with van der Waals surface area (Å²) in [5.41, 5.74) is 1.46. The van der Waals surface area contributed by atoms with E-state index in [1.54, 1.807) is 0 Å². The van der Waals surface area contributed by atoms with Crippen LogP contribution in [0.3, 0.4) is 0 Å². The zero-order valence-electron chi connectivity index (χ0n) is 15.0. The van der Waals surface area contributed by atoms with E-state index in [2.05, 4.69) is 35.6 Å². The number of likely N-dealkylation sites (tertiary alicyclic amines) is 1. The number of piperidine rings is 1. The Morgan fingerprint density at radius 2 is 2.00 bits per heavy atom. The minimum absolute atomic E-state index is 0.0420. The average molecular weight is 332 g/mol. The lowest BCUT2D eigenvalue weighted by Crippen LogP contribution is -2.40. The maximum absolute atomic E-state index is 12.9. The smallest absolute Gasteiger partial charge is 0.272 e. The minimum Gasteiger partial charge on any atom is -0.378 e. The molecule has 2 aliphatic heterocycles. The molecule has 0 radical (unpaired) electrons. The third-order valence-corrected chi connectivity index (χ3v) is 4.78. The highest BCUT2D eigenvalue weighted by Gasteiger charge is 2.25. The van der Waals surface area contributed by atoms with Gasteiger partial charge in [-0.05, 0) is 30.7 Å². The number of aromatic nitrogens is 2. The first-order valence-electron chi connectivity index (χ1n) is 9.05.